The van der Waals surface area contributed by atoms with Crippen molar-refractivity contribution in [1.29, 1.82) is 0 Å². The fraction of sp³-hybridized carbons (Fsp3) is 1.00. The van der Waals surface area contributed by atoms with Crippen molar-refractivity contribution >= 4 is 0 Å². The summed E-state index contributed by atoms with van der Waals surface area (Å²) in [7, 11) is 2.23. The summed E-state index contributed by atoms with van der Waals surface area (Å²) in [5.74, 6) is 0. The van der Waals surface area contributed by atoms with E-state index in [2.05, 4.69) is 24.2 Å². The average Bonchev–Trinajstić information content (AvgIpc) is 2.75. The molecule has 0 aliphatic carbocycles. The molecule has 2 unspecified atom stereocenters. The molecule has 0 radical (unpaired) electrons. The van der Waals surface area contributed by atoms with Gasteiger partial charge in [-0.25, -0.2) is 0 Å². The molecule has 0 aromatic heterocycles. The molecule has 2 heterocycles. The maximum atomic E-state index is 5.59. The molecule has 2 aliphatic rings. The topological polar surface area (TPSA) is 24.5 Å². The number of hydrogen-bond acceptors (Lipinski definition) is 3. The molecule has 1 N–H and O–H groups in total. The summed E-state index contributed by atoms with van der Waals surface area (Å²) in [6, 6.07) is 1.35. The first-order valence-electron chi connectivity index (χ1n) is 5.82. The van der Waals surface area contributed by atoms with Gasteiger partial charge in [0.15, 0.2) is 0 Å². The van der Waals surface area contributed by atoms with E-state index in [1.165, 1.54) is 32.4 Å². The van der Waals surface area contributed by atoms with Gasteiger partial charge >= 0.3 is 0 Å². The van der Waals surface area contributed by atoms with Crippen molar-refractivity contribution in [2.45, 2.75) is 44.4 Å². The second-order valence-electron chi connectivity index (χ2n) is 4.66. The van der Waals surface area contributed by atoms with Crippen LogP contribution in [-0.4, -0.2) is 49.8 Å². The fourth-order valence-corrected chi connectivity index (χ4v) is 2.69. The summed E-state index contributed by atoms with van der Waals surface area (Å²) in [6.45, 7) is 5.51. The van der Waals surface area contributed by atoms with Crippen molar-refractivity contribution in [3.8, 4) is 0 Å². The molecule has 0 aromatic rings. The lowest BCUT2D eigenvalue weighted by atomic mass is 10.1. The Balaban J connectivity index is 1.78. The van der Waals surface area contributed by atoms with E-state index >= 15 is 0 Å². The van der Waals surface area contributed by atoms with Crippen molar-refractivity contribution in [1.82, 2.24) is 10.2 Å². The summed E-state index contributed by atoms with van der Waals surface area (Å²) in [5.41, 5.74) is 0. The van der Waals surface area contributed by atoms with Crippen molar-refractivity contribution in [3.63, 3.8) is 0 Å². The zero-order valence-corrected chi connectivity index (χ0v) is 9.33. The van der Waals surface area contributed by atoms with Crippen LogP contribution < -0.4 is 5.32 Å². The Bertz CT molecular complexity index is 180. The van der Waals surface area contributed by atoms with Gasteiger partial charge in [-0.1, -0.05) is 0 Å². The second-order valence-corrected chi connectivity index (χ2v) is 4.66. The zero-order valence-electron chi connectivity index (χ0n) is 9.33. The Morgan fingerprint density at radius 2 is 2.29 bits per heavy atom. The van der Waals surface area contributed by atoms with E-state index in [9.17, 15) is 0 Å². The number of rotatable bonds is 3. The number of nitrogens with one attached hydrogen (secondary N) is 1. The van der Waals surface area contributed by atoms with Gasteiger partial charge in [0.25, 0.3) is 0 Å². The summed E-state index contributed by atoms with van der Waals surface area (Å²) in [6.07, 6.45) is 4.30. The summed E-state index contributed by atoms with van der Waals surface area (Å²) >= 11 is 0. The highest BCUT2D eigenvalue weighted by molar-refractivity contribution is 4.84. The Morgan fingerprint density at radius 1 is 1.43 bits per heavy atom. The second kappa shape index (κ2) is 4.60. The molecule has 0 spiro atoms. The van der Waals surface area contributed by atoms with Gasteiger partial charge < -0.3 is 10.1 Å². The van der Waals surface area contributed by atoms with E-state index in [4.69, 9.17) is 4.74 Å². The van der Waals surface area contributed by atoms with Crippen LogP contribution in [0.25, 0.3) is 0 Å². The highest BCUT2D eigenvalue weighted by atomic mass is 16.5. The first-order valence-corrected chi connectivity index (χ1v) is 5.82. The van der Waals surface area contributed by atoms with Crippen molar-refractivity contribution in [3.05, 3.63) is 0 Å². The average molecular weight is 198 g/mol. The normalized spacial score (nSPS) is 38.4. The molecule has 0 bridgehead atoms. The standard InChI is InChI=1S/C11H22N2O/c1-9-11(5-7-14-9)13(2)8-10-4-3-6-12-10/h9-12H,3-8H2,1-2H3/t9?,10-,11?/m0/s1. The minimum absolute atomic E-state index is 0.418. The maximum Gasteiger partial charge on any atom is 0.0702 e. The lowest BCUT2D eigenvalue weighted by Gasteiger charge is -2.28. The van der Waals surface area contributed by atoms with Crippen LogP contribution in [0, 0.1) is 0 Å². The van der Waals surface area contributed by atoms with Gasteiger partial charge in [-0.3, -0.25) is 4.90 Å². The highest BCUT2D eigenvalue weighted by Gasteiger charge is 2.29. The monoisotopic (exact) mass is 198 g/mol. The van der Waals surface area contributed by atoms with Crippen LogP contribution in [-0.2, 0) is 4.74 Å². The number of ether oxygens (including phenoxy) is 1. The molecule has 0 saturated carbocycles. The Labute approximate surface area is 86.8 Å². The Morgan fingerprint density at radius 3 is 2.86 bits per heavy atom. The third kappa shape index (κ3) is 2.27. The predicted octanol–water partition coefficient (Wildman–Crippen LogP) is 0.848. The number of nitrogens with zero attached hydrogens (tertiary/aromatic N) is 1. The van der Waals surface area contributed by atoms with Gasteiger partial charge in [0.1, 0.15) is 0 Å². The minimum Gasteiger partial charge on any atom is -0.377 e. The van der Waals surface area contributed by atoms with Crippen molar-refractivity contribution in [2.75, 3.05) is 26.7 Å². The van der Waals surface area contributed by atoms with Crippen LogP contribution >= 0.6 is 0 Å². The van der Waals surface area contributed by atoms with Gasteiger partial charge in [-0.05, 0) is 39.8 Å². The van der Waals surface area contributed by atoms with Crippen LogP contribution in [0.4, 0.5) is 0 Å². The molecular formula is C11H22N2O. The van der Waals surface area contributed by atoms with Crippen LogP contribution in [0.2, 0.25) is 0 Å². The van der Waals surface area contributed by atoms with Crippen LogP contribution in [0.15, 0.2) is 0 Å². The smallest absolute Gasteiger partial charge is 0.0702 e. The summed E-state index contributed by atoms with van der Waals surface area (Å²) in [5, 5.41) is 3.54. The molecule has 0 amide bonds. The van der Waals surface area contributed by atoms with Crippen molar-refractivity contribution in [2.24, 2.45) is 0 Å². The first-order chi connectivity index (χ1) is 6.77. The SMILES string of the molecule is CC1OCCC1N(C)C[C@@H]1CCCN1. The Hall–Kier alpha value is -0.120. The van der Waals surface area contributed by atoms with Gasteiger partial charge in [-0.15, -0.1) is 0 Å². The molecule has 2 aliphatic heterocycles. The van der Waals surface area contributed by atoms with Gasteiger partial charge in [-0.2, -0.15) is 0 Å². The highest BCUT2D eigenvalue weighted by Crippen LogP contribution is 2.19. The molecule has 3 nitrogen and oxygen atoms in total. The molecule has 3 heteroatoms. The van der Waals surface area contributed by atoms with E-state index in [1.54, 1.807) is 0 Å². The van der Waals surface area contributed by atoms with Crippen LogP contribution in [0.3, 0.4) is 0 Å². The zero-order chi connectivity index (χ0) is 9.97. The number of likely N-dealkylation sites (N-methyl/N-ethyl adjacent to an activating group) is 1. The van der Waals surface area contributed by atoms with E-state index in [0.717, 1.165) is 6.61 Å². The van der Waals surface area contributed by atoms with Gasteiger partial charge in [0.05, 0.1) is 6.10 Å². The fourth-order valence-electron chi connectivity index (χ4n) is 2.69. The molecule has 3 atom stereocenters. The third-order valence-corrected chi connectivity index (χ3v) is 3.57. The van der Waals surface area contributed by atoms with Crippen molar-refractivity contribution < 1.29 is 4.74 Å². The number of hydrogen-bond donors (Lipinski definition) is 1. The molecule has 2 saturated heterocycles. The van der Waals surface area contributed by atoms with E-state index < -0.39 is 0 Å². The van der Waals surface area contributed by atoms with Gasteiger partial charge in [0.2, 0.25) is 0 Å². The largest absolute Gasteiger partial charge is 0.377 e. The van der Waals surface area contributed by atoms with E-state index in [1.807, 2.05) is 0 Å². The Kier molecular flexibility index (Phi) is 3.42. The minimum atomic E-state index is 0.418. The molecule has 2 rings (SSSR count). The van der Waals surface area contributed by atoms with Gasteiger partial charge in [0, 0.05) is 25.2 Å². The lowest BCUT2D eigenvalue weighted by molar-refractivity contribution is 0.0811. The summed E-state index contributed by atoms with van der Waals surface area (Å²) < 4.78 is 5.59. The molecular weight excluding hydrogens is 176 g/mol. The quantitative estimate of drug-likeness (QED) is 0.727. The molecule has 14 heavy (non-hydrogen) atoms. The molecule has 82 valence electrons. The molecule has 2 fully saturated rings. The maximum absolute atomic E-state index is 5.59. The van der Waals surface area contributed by atoms with Crippen LogP contribution in [0.1, 0.15) is 26.2 Å². The molecule has 0 aromatic carbocycles. The third-order valence-electron chi connectivity index (χ3n) is 3.57. The lowest BCUT2D eigenvalue weighted by Crippen LogP contribution is -2.43. The van der Waals surface area contributed by atoms with Crippen LogP contribution in [0.5, 0.6) is 0 Å². The van der Waals surface area contributed by atoms with E-state index in [0.29, 0.717) is 18.2 Å². The summed E-state index contributed by atoms with van der Waals surface area (Å²) in [4.78, 5) is 2.47. The van der Waals surface area contributed by atoms with E-state index in [-0.39, 0.29) is 0 Å². The predicted molar refractivity (Wildman–Crippen MR) is 57.5 cm³/mol. The first kappa shape index (κ1) is 10.4.